The fourth-order valence-electron chi connectivity index (χ4n) is 3.19. The first-order valence-electron chi connectivity index (χ1n) is 8.80. The summed E-state index contributed by atoms with van der Waals surface area (Å²) in [6.07, 6.45) is 5.70. The van der Waals surface area contributed by atoms with Crippen LogP contribution in [-0.2, 0) is 6.54 Å². The zero-order valence-electron chi connectivity index (χ0n) is 14.7. The lowest BCUT2D eigenvalue weighted by molar-refractivity contribution is 0.104. The van der Waals surface area contributed by atoms with Gasteiger partial charge in [-0.3, -0.25) is 4.79 Å². The van der Waals surface area contributed by atoms with E-state index in [1.54, 1.807) is 6.08 Å². The molecule has 1 aromatic heterocycles. The number of aromatic nitrogens is 1. The Kier molecular flexibility index (Phi) is 5.21. The maximum atomic E-state index is 12.4. The maximum Gasteiger partial charge on any atom is 0.185 e. The summed E-state index contributed by atoms with van der Waals surface area (Å²) < 4.78 is 3.47. The lowest BCUT2D eigenvalue weighted by atomic mass is 10.1. The molecular weight excluding hydrogens is 445 g/mol. The SMILES string of the molecule is O=C(/C=C/c1cn(Cc2ccc(I)cc2)c2ccccc12)c1ccccc1. The van der Waals surface area contributed by atoms with Crippen LogP contribution in [0.25, 0.3) is 17.0 Å². The van der Waals surface area contributed by atoms with E-state index in [0.717, 1.165) is 17.5 Å². The molecule has 4 rings (SSSR count). The van der Waals surface area contributed by atoms with Gasteiger partial charge in [-0.25, -0.2) is 0 Å². The van der Waals surface area contributed by atoms with Crippen LogP contribution in [0.4, 0.5) is 0 Å². The molecule has 0 amide bonds. The highest BCUT2D eigenvalue weighted by Crippen LogP contribution is 2.24. The van der Waals surface area contributed by atoms with Crippen molar-refractivity contribution < 1.29 is 4.79 Å². The van der Waals surface area contributed by atoms with Crippen molar-refractivity contribution in [3.05, 3.63) is 111 Å². The maximum absolute atomic E-state index is 12.4. The summed E-state index contributed by atoms with van der Waals surface area (Å²) in [6, 6.07) is 26.2. The van der Waals surface area contributed by atoms with Crippen LogP contribution in [0.5, 0.6) is 0 Å². The number of hydrogen-bond acceptors (Lipinski definition) is 1. The molecule has 0 aliphatic carbocycles. The molecule has 0 fully saturated rings. The summed E-state index contributed by atoms with van der Waals surface area (Å²) >= 11 is 2.32. The number of rotatable bonds is 5. The molecule has 0 spiro atoms. The lowest BCUT2D eigenvalue weighted by Crippen LogP contribution is -1.97. The summed E-state index contributed by atoms with van der Waals surface area (Å²) in [6.45, 7) is 0.803. The molecule has 0 aliphatic rings. The van der Waals surface area contributed by atoms with Crippen molar-refractivity contribution in [1.82, 2.24) is 4.57 Å². The number of hydrogen-bond donors (Lipinski definition) is 0. The Balaban J connectivity index is 1.66. The second-order valence-corrected chi connectivity index (χ2v) is 7.67. The number of fused-ring (bicyclic) bond motifs is 1. The number of halogens is 1. The van der Waals surface area contributed by atoms with Crippen LogP contribution in [0.1, 0.15) is 21.5 Å². The highest BCUT2D eigenvalue weighted by atomic mass is 127. The van der Waals surface area contributed by atoms with Gasteiger partial charge >= 0.3 is 0 Å². The summed E-state index contributed by atoms with van der Waals surface area (Å²) in [5, 5.41) is 1.15. The standard InChI is InChI=1S/C24H18INO/c25-21-13-10-18(11-14-21)16-26-17-20(22-8-4-5-9-23(22)26)12-15-24(27)19-6-2-1-3-7-19/h1-15,17H,16H2/b15-12+. The average molecular weight is 463 g/mol. The van der Waals surface area contributed by atoms with E-state index in [2.05, 4.69) is 75.8 Å². The normalized spacial score (nSPS) is 11.3. The zero-order valence-corrected chi connectivity index (χ0v) is 16.8. The van der Waals surface area contributed by atoms with Crippen LogP contribution in [0.2, 0.25) is 0 Å². The van der Waals surface area contributed by atoms with Crippen molar-refractivity contribution in [2.75, 3.05) is 0 Å². The van der Waals surface area contributed by atoms with Crippen molar-refractivity contribution >= 4 is 45.4 Å². The molecule has 0 unspecified atom stereocenters. The Morgan fingerprint density at radius 3 is 2.37 bits per heavy atom. The van der Waals surface area contributed by atoms with Crippen molar-refractivity contribution in [3.8, 4) is 0 Å². The second-order valence-electron chi connectivity index (χ2n) is 6.42. The first kappa shape index (κ1) is 17.7. The van der Waals surface area contributed by atoms with E-state index in [-0.39, 0.29) is 5.78 Å². The molecule has 0 saturated heterocycles. The molecule has 4 aromatic rings. The summed E-state index contributed by atoms with van der Waals surface area (Å²) in [4.78, 5) is 12.4. The van der Waals surface area contributed by atoms with Crippen molar-refractivity contribution in [2.24, 2.45) is 0 Å². The van der Waals surface area contributed by atoms with Gasteiger partial charge in [-0.1, -0.05) is 60.7 Å². The van der Waals surface area contributed by atoms with Crippen LogP contribution in [0.15, 0.2) is 91.1 Å². The number of carbonyl (C=O) groups is 1. The second kappa shape index (κ2) is 7.92. The molecule has 0 saturated carbocycles. The van der Waals surface area contributed by atoms with Crippen molar-refractivity contribution in [1.29, 1.82) is 0 Å². The molecule has 0 atom stereocenters. The van der Waals surface area contributed by atoms with Gasteiger partial charge in [0.25, 0.3) is 0 Å². The molecule has 132 valence electrons. The molecule has 27 heavy (non-hydrogen) atoms. The number of allylic oxidation sites excluding steroid dienone is 1. The minimum Gasteiger partial charge on any atom is -0.342 e. The Bertz CT molecular complexity index is 1110. The first-order valence-corrected chi connectivity index (χ1v) is 9.88. The van der Waals surface area contributed by atoms with Gasteiger partial charge in [0.2, 0.25) is 0 Å². The van der Waals surface area contributed by atoms with Gasteiger partial charge in [0.05, 0.1) is 0 Å². The molecule has 3 aromatic carbocycles. The third-order valence-corrected chi connectivity index (χ3v) is 5.28. The quantitative estimate of drug-likeness (QED) is 0.197. The number of para-hydroxylation sites is 1. The summed E-state index contributed by atoms with van der Waals surface area (Å²) in [5.74, 6) is 0.0186. The largest absolute Gasteiger partial charge is 0.342 e. The van der Waals surface area contributed by atoms with Crippen LogP contribution in [-0.4, -0.2) is 10.4 Å². The van der Waals surface area contributed by atoms with E-state index in [4.69, 9.17) is 0 Å². The van der Waals surface area contributed by atoms with Gasteiger partial charge in [0, 0.05) is 38.3 Å². The first-order chi connectivity index (χ1) is 13.2. The minimum absolute atomic E-state index is 0.0186. The predicted octanol–water partition coefficient (Wildman–Crippen LogP) is 6.19. The van der Waals surface area contributed by atoms with Gasteiger partial charge in [-0.05, 0) is 58.5 Å². The third kappa shape index (κ3) is 4.03. The zero-order chi connectivity index (χ0) is 18.6. The molecule has 1 heterocycles. The Hall–Kier alpha value is -2.66. The van der Waals surface area contributed by atoms with E-state index >= 15 is 0 Å². The fraction of sp³-hybridized carbons (Fsp3) is 0.0417. The van der Waals surface area contributed by atoms with Gasteiger partial charge in [-0.15, -0.1) is 0 Å². The van der Waals surface area contributed by atoms with Gasteiger partial charge < -0.3 is 4.57 Å². The monoisotopic (exact) mass is 463 g/mol. The Morgan fingerprint density at radius 1 is 0.889 bits per heavy atom. The Morgan fingerprint density at radius 2 is 1.59 bits per heavy atom. The number of benzene rings is 3. The molecule has 0 radical (unpaired) electrons. The smallest absolute Gasteiger partial charge is 0.185 e. The van der Waals surface area contributed by atoms with E-state index in [1.165, 1.54) is 14.7 Å². The minimum atomic E-state index is 0.0186. The van der Waals surface area contributed by atoms with E-state index in [9.17, 15) is 4.79 Å². The summed E-state index contributed by atoms with van der Waals surface area (Å²) in [5.41, 5.74) is 4.19. The molecular formula is C24H18INO. The molecule has 2 nitrogen and oxygen atoms in total. The molecule has 0 N–H and O–H groups in total. The van der Waals surface area contributed by atoms with Gasteiger partial charge in [-0.2, -0.15) is 0 Å². The van der Waals surface area contributed by atoms with Crippen molar-refractivity contribution in [3.63, 3.8) is 0 Å². The number of ketones is 1. The average Bonchev–Trinajstić information content (AvgIpc) is 3.06. The van der Waals surface area contributed by atoms with E-state index < -0.39 is 0 Å². The topological polar surface area (TPSA) is 22.0 Å². The Labute approximate surface area is 172 Å². The summed E-state index contributed by atoms with van der Waals surface area (Å²) in [7, 11) is 0. The van der Waals surface area contributed by atoms with Crippen LogP contribution in [0, 0.1) is 3.57 Å². The number of carbonyl (C=O) groups excluding carboxylic acids is 1. The highest BCUT2D eigenvalue weighted by Gasteiger charge is 2.08. The van der Waals surface area contributed by atoms with E-state index in [0.29, 0.717) is 5.56 Å². The van der Waals surface area contributed by atoms with Gasteiger partial charge in [0.15, 0.2) is 5.78 Å². The lowest BCUT2D eigenvalue weighted by Gasteiger charge is -2.05. The molecule has 0 aliphatic heterocycles. The van der Waals surface area contributed by atoms with Crippen LogP contribution in [0.3, 0.4) is 0 Å². The van der Waals surface area contributed by atoms with E-state index in [1.807, 2.05) is 42.5 Å². The highest BCUT2D eigenvalue weighted by molar-refractivity contribution is 14.1. The van der Waals surface area contributed by atoms with Crippen LogP contribution >= 0.6 is 22.6 Å². The van der Waals surface area contributed by atoms with Crippen molar-refractivity contribution in [2.45, 2.75) is 6.54 Å². The van der Waals surface area contributed by atoms with Gasteiger partial charge in [0.1, 0.15) is 0 Å². The predicted molar refractivity (Wildman–Crippen MR) is 120 cm³/mol. The van der Waals surface area contributed by atoms with Crippen LogP contribution < -0.4 is 0 Å². The third-order valence-electron chi connectivity index (χ3n) is 4.56. The fourth-order valence-corrected chi connectivity index (χ4v) is 3.55. The molecule has 0 bridgehead atoms. The molecule has 3 heteroatoms. The number of nitrogens with zero attached hydrogens (tertiary/aromatic N) is 1.